The van der Waals surface area contributed by atoms with Crippen molar-refractivity contribution in [1.82, 2.24) is 4.90 Å². The largest absolute Gasteiger partial charge is 0.493 e. The highest BCUT2D eigenvalue weighted by Gasteiger charge is 2.41. The number of aliphatic hydroxyl groups excluding tert-OH is 1. The van der Waals surface area contributed by atoms with Crippen molar-refractivity contribution < 1.29 is 28.8 Å². The number of ketones is 1. The number of carbonyl (C=O) groups is 1. The smallest absolute Gasteiger partial charge is 0.231 e. The van der Waals surface area contributed by atoms with E-state index in [0.717, 1.165) is 11.1 Å². The van der Waals surface area contributed by atoms with Gasteiger partial charge in [-0.25, -0.2) is 0 Å². The van der Waals surface area contributed by atoms with Crippen LogP contribution in [-0.2, 0) is 6.42 Å². The van der Waals surface area contributed by atoms with Crippen molar-refractivity contribution in [3.63, 3.8) is 0 Å². The number of ether oxygens (including phenoxy) is 4. The lowest BCUT2D eigenvalue weighted by Gasteiger charge is -2.42. The molecule has 6 rings (SSSR count). The van der Waals surface area contributed by atoms with Crippen molar-refractivity contribution in [2.75, 3.05) is 27.6 Å². The molecule has 7 nitrogen and oxygen atoms in total. The fourth-order valence-electron chi connectivity index (χ4n) is 5.11. The van der Waals surface area contributed by atoms with Gasteiger partial charge in [-0.15, -0.1) is 0 Å². The molecule has 7 heteroatoms. The van der Waals surface area contributed by atoms with Gasteiger partial charge >= 0.3 is 0 Å². The molecule has 1 N–H and O–H groups in total. The van der Waals surface area contributed by atoms with Crippen molar-refractivity contribution in [2.24, 2.45) is 0 Å². The fourth-order valence-corrected chi connectivity index (χ4v) is 5.11. The zero-order valence-corrected chi connectivity index (χ0v) is 18.8. The number of carbonyl (C=O) groups excluding carboxylic acids is 1. The van der Waals surface area contributed by atoms with E-state index in [2.05, 4.69) is 0 Å². The standard InChI is InChI=1S/C27H23NO6/c1-31-19-9-8-17-22(25(29)15-6-4-3-5-7-15)24-18-13-21-20(33-14-34-21)12-16(18)10-11-28(24)27(30)23(17)26(19)32-2/h3-9,12-13,27,30H,10-11,14H2,1-2H3. The summed E-state index contributed by atoms with van der Waals surface area (Å²) in [6, 6.07) is 16.6. The number of aliphatic hydroxyl groups is 1. The number of Topliss-reactive ketones (excluding diaryl/α,β-unsaturated/α-hetero) is 1. The van der Waals surface area contributed by atoms with E-state index in [1.54, 1.807) is 25.3 Å². The molecule has 0 saturated carbocycles. The first-order valence-electron chi connectivity index (χ1n) is 11.1. The zero-order valence-electron chi connectivity index (χ0n) is 18.8. The Morgan fingerprint density at radius 3 is 2.50 bits per heavy atom. The summed E-state index contributed by atoms with van der Waals surface area (Å²) in [4.78, 5) is 15.9. The Labute approximate surface area is 196 Å². The summed E-state index contributed by atoms with van der Waals surface area (Å²) in [7, 11) is 3.09. The molecule has 0 saturated heterocycles. The Morgan fingerprint density at radius 1 is 1.00 bits per heavy atom. The molecule has 0 amide bonds. The molecule has 3 aliphatic heterocycles. The molecule has 3 heterocycles. The van der Waals surface area contributed by atoms with Gasteiger partial charge in [-0.1, -0.05) is 30.3 Å². The maximum absolute atomic E-state index is 14.0. The van der Waals surface area contributed by atoms with Gasteiger partial charge in [-0.3, -0.25) is 4.79 Å². The van der Waals surface area contributed by atoms with E-state index in [1.165, 1.54) is 7.11 Å². The summed E-state index contributed by atoms with van der Waals surface area (Å²) in [5.74, 6) is 2.11. The van der Waals surface area contributed by atoms with Crippen molar-refractivity contribution in [3.05, 3.63) is 82.4 Å². The molecule has 3 aromatic rings. The van der Waals surface area contributed by atoms with Crippen LogP contribution in [0.4, 0.5) is 0 Å². The van der Waals surface area contributed by atoms with Crippen LogP contribution in [0.2, 0.25) is 0 Å². The Morgan fingerprint density at radius 2 is 1.76 bits per heavy atom. The molecule has 0 aromatic heterocycles. The van der Waals surface area contributed by atoms with Crippen molar-refractivity contribution >= 4 is 17.1 Å². The van der Waals surface area contributed by atoms with Gasteiger partial charge in [0, 0.05) is 17.7 Å². The van der Waals surface area contributed by atoms with E-state index in [0.29, 0.717) is 63.9 Å². The number of methoxy groups -OCH3 is 2. The number of benzene rings is 3. The second-order valence-electron chi connectivity index (χ2n) is 8.36. The normalized spacial score (nSPS) is 17.6. The van der Waals surface area contributed by atoms with Crippen LogP contribution >= 0.6 is 0 Å². The first-order chi connectivity index (χ1) is 16.6. The number of fused-ring (bicyclic) bond motifs is 5. The van der Waals surface area contributed by atoms with Crippen molar-refractivity contribution in [1.29, 1.82) is 0 Å². The van der Waals surface area contributed by atoms with Gasteiger partial charge < -0.3 is 29.0 Å². The van der Waals surface area contributed by atoms with E-state index >= 15 is 0 Å². The third kappa shape index (κ3) is 2.90. The predicted molar refractivity (Wildman–Crippen MR) is 125 cm³/mol. The lowest BCUT2D eigenvalue weighted by molar-refractivity contribution is 0.0388. The van der Waals surface area contributed by atoms with E-state index in [4.69, 9.17) is 18.9 Å². The Hall–Kier alpha value is -3.97. The molecule has 1 atom stereocenters. The highest BCUT2D eigenvalue weighted by atomic mass is 16.7. The van der Waals surface area contributed by atoms with Gasteiger partial charge in [0.05, 0.1) is 31.1 Å². The van der Waals surface area contributed by atoms with Crippen LogP contribution in [0.25, 0.3) is 11.3 Å². The number of allylic oxidation sites excluding steroid dienone is 1. The van der Waals surface area contributed by atoms with Crippen molar-refractivity contribution in [2.45, 2.75) is 12.6 Å². The number of rotatable bonds is 4. The van der Waals surface area contributed by atoms with Crippen LogP contribution in [0.5, 0.6) is 23.0 Å². The van der Waals surface area contributed by atoms with Crippen LogP contribution in [0.1, 0.15) is 38.8 Å². The quantitative estimate of drug-likeness (QED) is 0.593. The minimum atomic E-state index is -1.01. The fraction of sp³-hybridized carbons (Fsp3) is 0.222. The Bertz CT molecular complexity index is 1350. The van der Waals surface area contributed by atoms with Gasteiger partial charge in [0.25, 0.3) is 0 Å². The molecule has 0 aliphatic carbocycles. The lowest BCUT2D eigenvalue weighted by atomic mass is 9.81. The zero-order chi connectivity index (χ0) is 23.4. The summed E-state index contributed by atoms with van der Waals surface area (Å²) in [5.41, 5.74) is 4.80. The molecule has 34 heavy (non-hydrogen) atoms. The summed E-state index contributed by atoms with van der Waals surface area (Å²) in [6.07, 6.45) is -0.332. The molecule has 0 fully saturated rings. The number of hydrogen-bond acceptors (Lipinski definition) is 7. The summed E-state index contributed by atoms with van der Waals surface area (Å²) in [5, 5.41) is 11.6. The monoisotopic (exact) mass is 457 g/mol. The second-order valence-corrected chi connectivity index (χ2v) is 8.36. The molecule has 1 unspecified atom stereocenters. The van der Waals surface area contributed by atoms with Gasteiger partial charge in [0.2, 0.25) is 6.79 Å². The van der Waals surface area contributed by atoms with Gasteiger partial charge in [0.15, 0.2) is 35.0 Å². The average Bonchev–Trinajstić information content (AvgIpc) is 3.34. The summed E-state index contributed by atoms with van der Waals surface area (Å²) < 4.78 is 22.4. The maximum atomic E-state index is 14.0. The minimum Gasteiger partial charge on any atom is -0.493 e. The van der Waals surface area contributed by atoms with Gasteiger partial charge in [-0.05, 0) is 41.8 Å². The highest BCUT2D eigenvalue weighted by Crippen LogP contribution is 2.52. The van der Waals surface area contributed by atoms with E-state index in [-0.39, 0.29) is 12.6 Å². The Balaban J connectivity index is 1.68. The maximum Gasteiger partial charge on any atom is 0.231 e. The van der Waals surface area contributed by atoms with Crippen LogP contribution < -0.4 is 18.9 Å². The molecule has 0 bridgehead atoms. The number of nitrogens with zero attached hydrogens (tertiary/aromatic N) is 1. The molecule has 0 radical (unpaired) electrons. The minimum absolute atomic E-state index is 0.133. The van der Waals surface area contributed by atoms with Crippen LogP contribution in [0.15, 0.2) is 54.6 Å². The molecular formula is C27H23NO6. The summed E-state index contributed by atoms with van der Waals surface area (Å²) in [6.45, 7) is 0.688. The van der Waals surface area contributed by atoms with Crippen LogP contribution in [-0.4, -0.2) is 43.3 Å². The molecule has 3 aromatic carbocycles. The topological polar surface area (TPSA) is 77.5 Å². The SMILES string of the molecule is COc1ccc2c(c1OC)C(O)N1CCc3cc4c(cc3C1=C2C(=O)c1ccccc1)OCO4. The molecule has 172 valence electrons. The van der Waals surface area contributed by atoms with E-state index < -0.39 is 6.23 Å². The van der Waals surface area contributed by atoms with Gasteiger partial charge in [-0.2, -0.15) is 0 Å². The Kier molecular flexibility index (Phi) is 4.74. The first kappa shape index (κ1) is 20.6. The van der Waals surface area contributed by atoms with Gasteiger partial charge in [0.1, 0.15) is 0 Å². The molecular weight excluding hydrogens is 434 g/mol. The average molecular weight is 457 g/mol. The molecule has 0 spiro atoms. The predicted octanol–water partition coefficient (Wildman–Crippen LogP) is 4.05. The lowest BCUT2D eigenvalue weighted by Crippen LogP contribution is -2.38. The number of hydrogen-bond donors (Lipinski definition) is 1. The third-order valence-electron chi connectivity index (χ3n) is 6.67. The van der Waals surface area contributed by atoms with Crippen LogP contribution in [0.3, 0.4) is 0 Å². The first-order valence-corrected chi connectivity index (χ1v) is 11.1. The highest BCUT2D eigenvalue weighted by molar-refractivity contribution is 6.35. The summed E-state index contributed by atoms with van der Waals surface area (Å²) >= 11 is 0. The molecule has 3 aliphatic rings. The third-order valence-corrected chi connectivity index (χ3v) is 6.67. The van der Waals surface area contributed by atoms with E-state index in [1.807, 2.05) is 41.3 Å². The van der Waals surface area contributed by atoms with Crippen molar-refractivity contribution in [3.8, 4) is 23.0 Å². The second kappa shape index (κ2) is 7.81. The van der Waals surface area contributed by atoms with Crippen LogP contribution in [0, 0.1) is 0 Å². The van der Waals surface area contributed by atoms with E-state index in [9.17, 15) is 9.90 Å².